The monoisotopic (exact) mass is 335 g/mol. The first-order valence-electron chi connectivity index (χ1n) is 6.88. The molecule has 23 heavy (non-hydrogen) atoms. The van der Waals surface area contributed by atoms with Crippen molar-refractivity contribution >= 4 is 34.7 Å². The molecule has 0 radical (unpaired) electrons. The molecule has 0 aliphatic carbocycles. The molecule has 7 nitrogen and oxygen atoms in total. The van der Waals surface area contributed by atoms with Crippen molar-refractivity contribution in [2.45, 2.75) is 32.6 Å². The number of nitrogens with zero attached hydrogens (tertiary/aromatic N) is 2. The topological polar surface area (TPSA) is 88.1 Å². The van der Waals surface area contributed by atoms with E-state index in [4.69, 9.17) is 4.74 Å². The van der Waals surface area contributed by atoms with Crippen molar-refractivity contribution in [2.75, 3.05) is 0 Å². The number of hydrogen-bond donors (Lipinski definition) is 1. The molecule has 0 spiro atoms. The Morgan fingerprint density at radius 2 is 1.87 bits per heavy atom. The van der Waals surface area contributed by atoms with Gasteiger partial charge in [0.2, 0.25) is 11.8 Å². The number of hydrogen-bond acceptors (Lipinski definition) is 6. The van der Waals surface area contributed by atoms with E-state index in [0.717, 1.165) is 0 Å². The summed E-state index contributed by atoms with van der Waals surface area (Å²) in [6.45, 7) is 5.83. The van der Waals surface area contributed by atoms with Crippen LogP contribution in [-0.2, 0) is 19.3 Å². The summed E-state index contributed by atoms with van der Waals surface area (Å²) >= 11 is 1.20. The summed E-state index contributed by atoms with van der Waals surface area (Å²) in [7, 11) is 0. The minimum Gasteiger partial charge on any atom is -0.426 e. The first kappa shape index (κ1) is 17.0. The molecule has 1 aromatic carbocycles. The van der Waals surface area contributed by atoms with Crippen LogP contribution in [0.15, 0.2) is 29.4 Å². The van der Waals surface area contributed by atoms with Gasteiger partial charge in [-0.1, -0.05) is 30.0 Å². The van der Waals surface area contributed by atoms with Gasteiger partial charge in [0.05, 0.1) is 0 Å². The van der Waals surface area contributed by atoms with Gasteiger partial charge in [-0.2, -0.15) is 0 Å². The lowest BCUT2D eigenvalue weighted by Crippen LogP contribution is -2.38. The lowest BCUT2D eigenvalue weighted by Gasteiger charge is -2.32. The highest BCUT2D eigenvalue weighted by molar-refractivity contribution is 8.14. The number of ether oxygens (including phenoxy) is 1. The third kappa shape index (κ3) is 3.53. The van der Waals surface area contributed by atoms with Crippen LogP contribution in [0.1, 0.15) is 33.3 Å². The molecule has 0 saturated heterocycles. The summed E-state index contributed by atoms with van der Waals surface area (Å²) in [5.41, 5.74) is 0.611. The summed E-state index contributed by atoms with van der Waals surface area (Å²) in [6.07, 6.45) is 0. The molecule has 0 aromatic heterocycles. The number of thioether (sulfide) groups is 1. The Labute approximate surface area is 138 Å². The molecule has 2 amide bonds. The van der Waals surface area contributed by atoms with E-state index in [9.17, 15) is 14.4 Å². The first-order chi connectivity index (χ1) is 10.7. The number of nitrogens with one attached hydrogen (secondary N) is 1. The Balaban J connectivity index is 2.46. The number of amides is 2. The zero-order chi connectivity index (χ0) is 17.2. The molecule has 122 valence electrons. The molecule has 0 fully saturated rings. The third-order valence-electron chi connectivity index (χ3n) is 3.11. The predicted octanol–water partition coefficient (Wildman–Crippen LogP) is 1.79. The molecular weight excluding hydrogens is 318 g/mol. The van der Waals surface area contributed by atoms with E-state index in [-0.39, 0.29) is 11.8 Å². The van der Waals surface area contributed by atoms with E-state index < -0.39 is 10.8 Å². The average Bonchev–Trinajstić information content (AvgIpc) is 2.75. The molecule has 1 unspecified atom stereocenters. The first-order valence-corrected chi connectivity index (χ1v) is 7.69. The summed E-state index contributed by atoms with van der Waals surface area (Å²) in [4.78, 5) is 33.6. The van der Waals surface area contributed by atoms with Crippen molar-refractivity contribution in [3.8, 4) is 5.75 Å². The number of amidine groups is 1. The van der Waals surface area contributed by atoms with Crippen molar-refractivity contribution < 1.29 is 19.1 Å². The molecular formula is C15H17N3O4S. The van der Waals surface area contributed by atoms with Crippen molar-refractivity contribution in [1.29, 1.82) is 0 Å². The standard InChI is InChI=1S/C15H17N3O4S/c1-9(19)16-14-17-18(10(2)20)15(4,23-14)12-7-5-6-8-13(12)22-11(3)21/h5-8H,1-4H3,(H,16,17,19). The summed E-state index contributed by atoms with van der Waals surface area (Å²) in [5, 5.41) is 8.33. The van der Waals surface area contributed by atoms with Gasteiger partial charge in [-0.05, 0) is 13.0 Å². The zero-order valence-electron chi connectivity index (χ0n) is 13.2. The van der Waals surface area contributed by atoms with E-state index in [1.807, 2.05) is 0 Å². The smallest absolute Gasteiger partial charge is 0.308 e. The lowest BCUT2D eigenvalue weighted by molar-refractivity contribution is -0.132. The SMILES string of the molecule is CC(=O)NC1=NN(C(C)=O)C(C)(c2ccccc2OC(C)=O)S1. The highest BCUT2D eigenvalue weighted by atomic mass is 32.2. The van der Waals surface area contributed by atoms with Gasteiger partial charge in [0.25, 0.3) is 0 Å². The van der Waals surface area contributed by atoms with Gasteiger partial charge in [-0.15, -0.1) is 5.10 Å². The molecule has 1 heterocycles. The number of para-hydroxylation sites is 1. The number of carbonyl (C=O) groups excluding carboxylic acids is 3. The minimum absolute atomic E-state index is 0.280. The number of benzene rings is 1. The maximum atomic E-state index is 12.0. The van der Waals surface area contributed by atoms with Crippen molar-refractivity contribution in [1.82, 2.24) is 10.3 Å². The summed E-state index contributed by atoms with van der Waals surface area (Å²) < 4.78 is 5.24. The second-order valence-electron chi connectivity index (χ2n) is 5.09. The van der Waals surface area contributed by atoms with Crippen molar-refractivity contribution in [3.05, 3.63) is 29.8 Å². The fourth-order valence-electron chi connectivity index (χ4n) is 2.27. The largest absolute Gasteiger partial charge is 0.426 e. The second-order valence-corrected chi connectivity index (χ2v) is 6.48. The third-order valence-corrected chi connectivity index (χ3v) is 4.28. The fraction of sp³-hybridized carbons (Fsp3) is 0.333. The number of esters is 1. The molecule has 1 aromatic rings. The van der Waals surface area contributed by atoms with E-state index in [1.165, 1.54) is 37.5 Å². The van der Waals surface area contributed by atoms with Gasteiger partial charge < -0.3 is 10.1 Å². The Hall–Kier alpha value is -2.35. The fourth-order valence-corrected chi connectivity index (χ4v) is 3.50. The Morgan fingerprint density at radius 3 is 2.43 bits per heavy atom. The van der Waals surface area contributed by atoms with E-state index >= 15 is 0 Å². The van der Waals surface area contributed by atoms with Crippen LogP contribution in [0.3, 0.4) is 0 Å². The number of carbonyl (C=O) groups is 3. The molecule has 2 rings (SSSR count). The van der Waals surface area contributed by atoms with Gasteiger partial charge in [0.1, 0.15) is 10.6 Å². The Bertz CT molecular complexity index is 704. The molecule has 0 saturated carbocycles. The molecule has 0 bridgehead atoms. The molecule has 1 N–H and O–H groups in total. The highest BCUT2D eigenvalue weighted by Gasteiger charge is 2.45. The normalized spacial score (nSPS) is 20.0. The van der Waals surface area contributed by atoms with Gasteiger partial charge in [-0.3, -0.25) is 14.4 Å². The number of hydrazone groups is 1. The molecule has 1 aliphatic rings. The van der Waals surface area contributed by atoms with E-state index in [2.05, 4.69) is 10.4 Å². The quantitative estimate of drug-likeness (QED) is 0.657. The van der Waals surface area contributed by atoms with Crippen molar-refractivity contribution in [3.63, 3.8) is 0 Å². The Kier molecular flexibility index (Phi) is 4.74. The van der Waals surface area contributed by atoms with E-state index in [0.29, 0.717) is 16.5 Å². The van der Waals surface area contributed by atoms with Gasteiger partial charge in [0.15, 0.2) is 5.17 Å². The van der Waals surface area contributed by atoms with Gasteiger partial charge >= 0.3 is 5.97 Å². The van der Waals surface area contributed by atoms with Crippen LogP contribution in [0.2, 0.25) is 0 Å². The minimum atomic E-state index is -0.935. The van der Waals surface area contributed by atoms with Crippen LogP contribution < -0.4 is 10.1 Å². The molecule has 8 heteroatoms. The Morgan fingerprint density at radius 1 is 1.22 bits per heavy atom. The van der Waals surface area contributed by atoms with Crippen LogP contribution in [-0.4, -0.2) is 28.0 Å². The average molecular weight is 335 g/mol. The zero-order valence-corrected chi connectivity index (χ0v) is 14.1. The van der Waals surface area contributed by atoms with Crippen LogP contribution in [0, 0.1) is 0 Å². The van der Waals surface area contributed by atoms with Crippen molar-refractivity contribution in [2.24, 2.45) is 5.10 Å². The van der Waals surface area contributed by atoms with Gasteiger partial charge in [-0.25, -0.2) is 5.01 Å². The predicted molar refractivity (Wildman–Crippen MR) is 86.5 cm³/mol. The maximum absolute atomic E-state index is 12.0. The van der Waals surface area contributed by atoms with Crippen LogP contribution in [0.4, 0.5) is 0 Å². The maximum Gasteiger partial charge on any atom is 0.308 e. The van der Waals surface area contributed by atoms with Crippen LogP contribution >= 0.6 is 11.8 Å². The van der Waals surface area contributed by atoms with Crippen LogP contribution in [0.25, 0.3) is 0 Å². The lowest BCUT2D eigenvalue weighted by atomic mass is 10.1. The van der Waals surface area contributed by atoms with E-state index in [1.54, 1.807) is 31.2 Å². The molecule has 1 atom stereocenters. The molecule has 1 aliphatic heterocycles. The summed E-state index contributed by atoms with van der Waals surface area (Å²) in [5.74, 6) is -0.683. The van der Waals surface area contributed by atoms with Crippen LogP contribution in [0.5, 0.6) is 5.75 Å². The summed E-state index contributed by atoms with van der Waals surface area (Å²) in [6, 6.07) is 6.92. The van der Waals surface area contributed by atoms with Gasteiger partial charge in [0, 0.05) is 26.3 Å². The number of rotatable bonds is 2. The second kappa shape index (κ2) is 6.41. The highest BCUT2D eigenvalue weighted by Crippen LogP contribution is 2.48.